The SMILES string of the molecule is CCCOc1nc(N)nc(-c2cncc(OC)c2)n1. The number of rotatable bonds is 5. The van der Waals surface area contributed by atoms with Gasteiger partial charge in [-0.15, -0.1) is 0 Å². The Balaban J connectivity index is 2.34. The number of aromatic nitrogens is 4. The second-order valence-electron chi connectivity index (χ2n) is 3.76. The van der Waals surface area contributed by atoms with E-state index in [0.717, 1.165) is 6.42 Å². The standard InChI is InChI=1S/C12H15N5O2/c1-3-4-19-12-16-10(15-11(13)17-12)8-5-9(18-2)7-14-6-8/h5-7H,3-4H2,1-2H3,(H2,13,15,16,17). The molecule has 2 heterocycles. The van der Waals surface area contributed by atoms with E-state index in [1.807, 2.05) is 6.92 Å². The Morgan fingerprint density at radius 1 is 1.21 bits per heavy atom. The Morgan fingerprint density at radius 3 is 2.79 bits per heavy atom. The van der Waals surface area contributed by atoms with Crippen LogP contribution in [0.3, 0.4) is 0 Å². The van der Waals surface area contributed by atoms with Crippen molar-refractivity contribution in [3.8, 4) is 23.1 Å². The molecule has 0 saturated heterocycles. The first-order chi connectivity index (χ1) is 9.22. The first-order valence-electron chi connectivity index (χ1n) is 5.86. The van der Waals surface area contributed by atoms with Crippen LogP contribution in [0.25, 0.3) is 11.4 Å². The predicted octanol–water partition coefficient (Wildman–Crippen LogP) is 1.31. The van der Waals surface area contributed by atoms with E-state index in [1.54, 1.807) is 25.6 Å². The summed E-state index contributed by atoms with van der Waals surface area (Å²) in [6.45, 7) is 2.52. The third-order valence-corrected chi connectivity index (χ3v) is 2.27. The molecule has 0 saturated carbocycles. The Bertz CT molecular complexity index is 562. The van der Waals surface area contributed by atoms with Crippen molar-refractivity contribution in [2.75, 3.05) is 19.5 Å². The summed E-state index contributed by atoms with van der Waals surface area (Å²) in [7, 11) is 1.57. The van der Waals surface area contributed by atoms with Crippen LogP contribution in [0.15, 0.2) is 18.5 Å². The number of hydrogen-bond acceptors (Lipinski definition) is 7. The molecule has 7 nitrogen and oxygen atoms in total. The van der Waals surface area contributed by atoms with Gasteiger partial charge in [-0.25, -0.2) is 0 Å². The topological polar surface area (TPSA) is 96.0 Å². The molecular weight excluding hydrogens is 246 g/mol. The van der Waals surface area contributed by atoms with Crippen LogP contribution >= 0.6 is 0 Å². The summed E-state index contributed by atoms with van der Waals surface area (Å²) in [6.07, 6.45) is 4.09. The fourth-order valence-electron chi connectivity index (χ4n) is 1.41. The van der Waals surface area contributed by atoms with Crippen molar-refractivity contribution in [3.63, 3.8) is 0 Å². The summed E-state index contributed by atoms with van der Waals surface area (Å²) >= 11 is 0. The molecule has 2 rings (SSSR count). The smallest absolute Gasteiger partial charge is 0.321 e. The number of pyridine rings is 1. The third kappa shape index (κ3) is 3.27. The molecule has 0 aliphatic heterocycles. The van der Waals surface area contributed by atoms with E-state index >= 15 is 0 Å². The number of ether oxygens (including phenoxy) is 2. The van der Waals surface area contributed by atoms with Crippen molar-refractivity contribution in [3.05, 3.63) is 18.5 Å². The molecule has 2 aromatic heterocycles. The Hall–Kier alpha value is -2.44. The average Bonchev–Trinajstić information content (AvgIpc) is 2.44. The predicted molar refractivity (Wildman–Crippen MR) is 69.8 cm³/mol. The molecule has 0 bridgehead atoms. The minimum Gasteiger partial charge on any atom is -0.495 e. The fourth-order valence-corrected chi connectivity index (χ4v) is 1.41. The summed E-state index contributed by atoms with van der Waals surface area (Å²) in [5, 5.41) is 0. The third-order valence-electron chi connectivity index (χ3n) is 2.27. The Labute approximate surface area is 110 Å². The zero-order valence-corrected chi connectivity index (χ0v) is 10.8. The number of nitrogens with zero attached hydrogens (tertiary/aromatic N) is 4. The number of anilines is 1. The van der Waals surface area contributed by atoms with Crippen LogP contribution in [-0.2, 0) is 0 Å². The molecule has 100 valence electrons. The fraction of sp³-hybridized carbons (Fsp3) is 0.333. The van der Waals surface area contributed by atoms with Gasteiger partial charge in [0.25, 0.3) is 0 Å². The summed E-state index contributed by atoms with van der Waals surface area (Å²) in [4.78, 5) is 16.2. The van der Waals surface area contributed by atoms with E-state index in [1.165, 1.54) is 0 Å². The van der Waals surface area contributed by atoms with Gasteiger partial charge < -0.3 is 15.2 Å². The lowest BCUT2D eigenvalue weighted by Crippen LogP contribution is -2.06. The van der Waals surface area contributed by atoms with Crippen LogP contribution in [0, 0.1) is 0 Å². The van der Waals surface area contributed by atoms with E-state index in [-0.39, 0.29) is 12.0 Å². The summed E-state index contributed by atoms with van der Waals surface area (Å²) in [6, 6.07) is 1.98. The molecule has 7 heteroatoms. The van der Waals surface area contributed by atoms with Crippen molar-refractivity contribution in [1.29, 1.82) is 0 Å². The lowest BCUT2D eigenvalue weighted by molar-refractivity contribution is 0.292. The largest absolute Gasteiger partial charge is 0.495 e. The van der Waals surface area contributed by atoms with Gasteiger partial charge >= 0.3 is 6.01 Å². The second-order valence-corrected chi connectivity index (χ2v) is 3.76. The Kier molecular flexibility index (Phi) is 4.07. The van der Waals surface area contributed by atoms with E-state index in [4.69, 9.17) is 15.2 Å². The normalized spacial score (nSPS) is 10.2. The lowest BCUT2D eigenvalue weighted by Gasteiger charge is -2.06. The van der Waals surface area contributed by atoms with Gasteiger partial charge in [-0.1, -0.05) is 6.92 Å². The van der Waals surface area contributed by atoms with E-state index in [2.05, 4.69) is 19.9 Å². The van der Waals surface area contributed by atoms with Crippen LogP contribution in [0.2, 0.25) is 0 Å². The minimum atomic E-state index is 0.110. The van der Waals surface area contributed by atoms with E-state index < -0.39 is 0 Å². The first-order valence-corrected chi connectivity index (χ1v) is 5.86. The van der Waals surface area contributed by atoms with Gasteiger partial charge in [0.1, 0.15) is 5.75 Å². The molecule has 0 fully saturated rings. The number of methoxy groups -OCH3 is 1. The zero-order valence-electron chi connectivity index (χ0n) is 10.8. The maximum Gasteiger partial charge on any atom is 0.321 e. The highest BCUT2D eigenvalue weighted by atomic mass is 16.5. The quantitative estimate of drug-likeness (QED) is 0.866. The van der Waals surface area contributed by atoms with E-state index in [0.29, 0.717) is 23.7 Å². The van der Waals surface area contributed by atoms with Crippen LogP contribution < -0.4 is 15.2 Å². The molecule has 0 aromatic carbocycles. The number of nitrogen functional groups attached to an aromatic ring is 1. The second kappa shape index (κ2) is 5.94. The van der Waals surface area contributed by atoms with Crippen molar-refractivity contribution in [1.82, 2.24) is 19.9 Å². The van der Waals surface area contributed by atoms with E-state index in [9.17, 15) is 0 Å². The molecular formula is C12H15N5O2. The molecule has 0 radical (unpaired) electrons. The molecule has 0 aliphatic carbocycles. The van der Waals surface area contributed by atoms with Crippen LogP contribution in [0.4, 0.5) is 5.95 Å². The summed E-state index contributed by atoms with van der Waals surface area (Å²) in [5.74, 6) is 1.14. The van der Waals surface area contributed by atoms with Gasteiger partial charge in [0, 0.05) is 11.8 Å². The number of hydrogen-bond donors (Lipinski definition) is 1. The monoisotopic (exact) mass is 261 g/mol. The van der Waals surface area contributed by atoms with Crippen LogP contribution in [0.1, 0.15) is 13.3 Å². The maximum absolute atomic E-state index is 5.65. The highest BCUT2D eigenvalue weighted by molar-refractivity contribution is 5.56. The van der Waals surface area contributed by atoms with Gasteiger partial charge in [-0.2, -0.15) is 15.0 Å². The molecule has 2 aromatic rings. The summed E-state index contributed by atoms with van der Waals surface area (Å²) in [5.41, 5.74) is 6.33. The Morgan fingerprint density at radius 2 is 2.05 bits per heavy atom. The molecule has 2 N–H and O–H groups in total. The van der Waals surface area contributed by atoms with Crippen molar-refractivity contribution >= 4 is 5.95 Å². The van der Waals surface area contributed by atoms with Gasteiger partial charge in [0.15, 0.2) is 5.82 Å². The molecule has 0 spiro atoms. The van der Waals surface area contributed by atoms with Gasteiger partial charge in [-0.3, -0.25) is 4.98 Å². The van der Waals surface area contributed by atoms with Gasteiger partial charge in [0.2, 0.25) is 5.95 Å². The zero-order chi connectivity index (χ0) is 13.7. The van der Waals surface area contributed by atoms with Crippen LogP contribution in [0.5, 0.6) is 11.8 Å². The summed E-state index contributed by atoms with van der Waals surface area (Å²) < 4.78 is 10.5. The van der Waals surface area contributed by atoms with Crippen molar-refractivity contribution in [2.24, 2.45) is 0 Å². The van der Waals surface area contributed by atoms with Crippen molar-refractivity contribution < 1.29 is 9.47 Å². The molecule has 0 aliphatic rings. The molecule has 19 heavy (non-hydrogen) atoms. The van der Waals surface area contributed by atoms with Crippen molar-refractivity contribution in [2.45, 2.75) is 13.3 Å². The molecule has 0 unspecified atom stereocenters. The molecule has 0 amide bonds. The minimum absolute atomic E-state index is 0.110. The molecule has 0 atom stereocenters. The van der Waals surface area contributed by atoms with Gasteiger partial charge in [-0.05, 0) is 12.5 Å². The maximum atomic E-state index is 5.65. The van der Waals surface area contributed by atoms with Gasteiger partial charge in [0.05, 0.1) is 19.9 Å². The average molecular weight is 261 g/mol. The number of nitrogens with two attached hydrogens (primary N) is 1. The first kappa shape index (κ1) is 13.0. The highest BCUT2D eigenvalue weighted by Crippen LogP contribution is 2.21. The highest BCUT2D eigenvalue weighted by Gasteiger charge is 2.09. The van der Waals surface area contributed by atoms with Crippen LogP contribution in [-0.4, -0.2) is 33.7 Å². The lowest BCUT2D eigenvalue weighted by atomic mass is 10.2.